The molecule has 1 aliphatic rings. The largest absolute Gasteiger partial charge is 0.370 e. The lowest BCUT2D eigenvalue weighted by atomic mass is 10.1. The van der Waals surface area contributed by atoms with Crippen LogP contribution in [0.5, 0.6) is 0 Å². The van der Waals surface area contributed by atoms with Gasteiger partial charge in [0, 0.05) is 18.7 Å². The third-order valence-corrected chi connectivity index (χ3v) is 2.26. The highest BCUT2D eigenvalue weighted by Crippen LogP contribution is 2.23. The van der Waals surface area contributed by atoms with E-state index in [4.69, 9.17) is 4.74 Å². The zero-order chi connectivity index (χ0) is 9.26. The highest BCUT2D eigenvalue weighted by atomic mass is 16.5. The van der Waals surface area contributed by atoms with E-state index in [9.17, 15) is 0 Å². The van der Waals surface area contributed by atoms with Crippen LogP contribution in [-0.2, 0) is 11.2 Å². The van der Waals surface area contributed by atoms with Gasteiger partial charge in [-0.3, -0.25) is 0 Å². The molecule has 1 atom stereocenters. The summed E-state index contributed by atoms with van der Waals surface area (Å²) in [6.07, 6.45) is 2.85. The van der Waals surface area contributed by atoms with Crippen molar-refractivity contribution in [2.24, 2.45) is 0 Å². The van der Waals surface area contributed by atoms with Crippen LogP contribution in [0.4, 0.5) is 0 Å². The number of likely N-dealkylation sites (N-methyl/N-ethyl adjacent to an activating group) is 1. The number of aromatic amines is 1. The lowest BCUT2D eigenvalue weighted by Crippen LogP contribution is -2.26. The first-order valence-electron chi connectivity index (χ1n) is 4.56. The highest BCUT2D eigenvalue weighted by Gasteiger charge is 2.23. The van der Waals surface area contributed by atoms with Crippen LogP contribution in [0.15, 0.2) is 6.33 Å². The summed E-state index contributed by atoms with van der Waals surface area (Å²) in [5.74, 6) is 0. The second-order valence-electron chi connectivity index (χ2n) is 3.64. The minimum atomic E-state index is 0.144. The van der Waals surface area contributed by atoms with E-state index >= 15 is 0 Å². The smallest absolute Gasteiger partial charge is 0.114 e. The van der Waals surface area contributed by atoms with E-state index in [1.165, 1.54) is 5.69 Å². The average Bonchev–Trinajstić information content (AvgIpc) is 2.51. The number of fused-ring (bicyclic) bond motifs is 1. The molecule has 0 fully saturated rings. The van der Waals surface area contributed by atoms with E-state index in [0.29, 0.717) is 0 Å². The van der Waals surface area contributed by atoms with Gasteiger partial charge < -0.3 is 14.6 Å². The van der Waals surface area contributed by atoms with Gasteiger partial charge in [-0.1, -0.05) is 0 Å². The molecule has 2 heterocycles. The topological polar surface area (TPSA) is 41.1 Å². The molecule has 1 N–H and O–H groups in total. The molecule has 4 heteroatoms. The molecule has 0 bridgehead atoms. The molecule has 1 aromatic heterocycles. The Morgan fingerprint density at radius 2 is 2.54 bits per heavy atom. The SMILES string of the molecule is CN(C)CC1OCCc2[nH]cnc21. The molecule has 1 unspecified atom stereocenters. The van der Waals surface area contributed by atoms with Crippen LogP contribution < -0.4 is 0 Å². The lowest BCUT2D eigenvalue weighted by Gasteiger charge is -2.24. The van der Waals surface area contributed by atoms with Gasteiger partial charge in [-0.2, -0.15) is 0 Å². The number of imidazole rings is 1. The molecular formula is C9H15N3O. The molecule has 0 spiro atoms. The Bertz CT molecular complexity index is 282. The van der Waals surface area contributed by atoms with Crippen molar-refractivity contribution in [3.05, 3.63) is 17.7 Å². The Labute approximate surface area is 77.9 Å². The van der Waals surface area contributed by atoms with E-state index < -0.39 is 0 Å². The molecule has 0 radical (unpaired) electrons. The standard InChI is InChI=1S/C9H15N3O/c1-12(2)5-8-9-7(3-4-13-8)10-6-11-9/h6,8H,3-5H2,1-2H3,(H,10,11). The van der Waals surface area contributed by atoms with Gasteiger partial charge in [0.1, 0.15) is 6.10 Å². The van der Waals surface area contributed by atoms with E-state index in [-0.39, 0.29) is 6.10 Å². The first-order chi connectivity index (χ1) is 6.27. The van der Waals surface area contributed by atoms with E-state index in [1.807, 2.05) is 14.1 Å². The van der Waals surface area contributed by atoms with Crippen molar-refractivity contribution in [3.8, 4) is 0 Å². The van der Waals surface area contributed by atoms with Crippen LogP contribution in [0.3, 0.4) is 0 Å². The Morgan fingerprint density at radius 3 is 3.31 bits per heavy atom. The molecule has 1 aliphatic heterocycles. The van der Waals surface area contributed by atoms with Gasteiger partial charge in [0.05, 0.1) is 18.6 Å². The molecule has 0 aromatic carbocycles. The van der Waals surface area contributed by atoms with Gasteiger partial charge in [-0.15, -0.1) is 0 Å². The Hall–Kier alpha value is -0.870. The van der Waals surface area contributed by atoms with E-state index in [1.54, 1.807) is 6.33 Å². The summed E-state index contributed by atoms with van der Waals surface area (Å²) in [6, 6.07) is 0. The van der Waals surface area contributed by atoms with Crippen molar-refractivity contribution in [2.45, 2.75) is 12.5 Å². The number of rotatable bonds is 2. The summed E-state index contributed by atoms with van der Waals surface area (Å²) in [5, 5.41) is 0. The van der Waals surface area contributed by atoms with Crippen molar-refractivity contribution in [1.29, 1.82) is 0 Å². The quantitative estimate of drug-likeness (QED) is 0.725. The Morgan fingerprint density at radius 1 is 1.69 bits per heavy atom. The lowest BCUT2D eigenvalue weighted by molar-refractivity contribution is 0.0223. The number of ether oxygens (including phenoxy) is 1. The summed E-state index contributed by atoms with van der Waals surface area (Å²) in [7, 11) is 4.09. The van der Waals surface area contributed by atoms with Crippen LogP contribution in [0.2, 0.25) is 0 Å². The van der Waals surface area contributed by atoms with Crippen molar-refractivity contribution in [1.82, 2.24) is 14.9 Å². The summed E-state index contributed by atoms with van der Waals surface area (Å²) in [5.41, 5.74) is 2.32. The molecule has 0 saturated heterocycles. The number of nitrogens with zero attached hydrogens (tertiary/aromatic N) is 2. The second-order valence-corrected chi connectivity index (χ2v) is 3.64. The zero-order valence-electron chi connectivity index (χ0n) is 8.08. The van der Waals surface area contributed by atoms with E-state index in [2.05, 4.69) is 14.9 Å². The second kappa shape index (κ2) is 3.47. The average molecular weight is 181 g/mol. The van der Waals surface area contributed by atoms with E-state index in [0.717, 1.165) is 25.3 Å². The molecule has 0 saturated carbocycles. The Kier molecular flexibility index (Phi) is 2.33. The number of H-pyrrole nitrogens is 1. The summed E-state index contributed by atoms with van der Waals surface area (Å²) >= 11 is 0. The van der Waals surface area contributed by atoms with Gasteiger partial charge in [-0.25, -0.2) is 4.98 Å². The number of nitrogens with one attached hydrogen (secondary N) is 1. The molecule has 0 amide bonds. The maximum Gasteiger partial charge on any atom is 0.114 e. The molecule has 72 valence electrons. The predicted octanol–water partition coefficient (Wildman–Crippen LogP) is 0.585. The normalized spacial score (nSPS) is 21.9. The molecular weight excluding hydrogens is 166 g/mol. The maximum atomic E-state index is 5.65. The summed E-state index contributed by atoms with van der Waals surface area (Å²) < 4.78 is 5.65. The molecule has 13 heavy (non-hydrogen) atoms. The van der Waals surface area contributed by atoms with Crippen LogP contribution in [0, 0.1) is 0 Å². The first-order valence-corrected chi connectivity index (χ1v) is 4.56. The van der Waals surface area contributed by atoms with Crippen LogP contribution >= 0.6 is 0 Å². The highest BCUT2D eigenvalue weighted by molar-refractivity contribution is 5.17. The first kappa shape index (κ1) is 8.72. The number of hydrogen-bond donors (Lipinski definition) is 1. The van der Waals surface area contributed by atoms with Crippen LogP contribution in [-0.4, -0.2) is 42.1 Å². The third-order valence-electron chi connectivity index (χ3n) is 2.26. The zero-order valence-corrected chi connectivity index (χ0v) is 8.08. The number of aromatic nitrogens is 2. The molecule has 1 aromatic rings. The van der Waals surface area contributed by atoms with Gasteiger partial charge in [-0.05, 0) is 14.1 Å². The molecule has 2 rings (SSSR count). The van der Waals surface area contributed by atoms with Gasteiger partial charge in [0.15, 0.2) is 0 Å². The number of hydrogen-bond acceptors (Lipinski definition) is 3. The van der Waals surface area contributed by atoms with Gasteiger partial charge in [0.25, 0.3) is 0 Å². The monoisotopic (exact) mass is 181 g/mol. The Balaban J connectivity index is 2.15. The van der Waals surface area contributed by atoms with Gasteiger partial charge >= 0.3 is 0 Å². The minimum Gasteiger partial charge on any atom is -0.370 e. The van der Waals surface area contributed by atoms with Crippen molar-refractivity contribution in [2.75, 3.05) is 27.2 Å². The fourth-order valence-corrected chi connectivity index (χ4v) is 1.66. The summed E-state index contributed by atoms with van der Waals surface area (Å²) in [6.45, 7) is 1.70. The maximum absolute atomic E-state index is 5.65. The molecule has 4 nitrogen and oxygen atoms in total. The fourth-order valence-electron chi connectivity index (χ4n) is 1.66. The molecule has 0 aliphatic carbocycles. The van der Waals surface area contributed by atoms with Gasteiger partial charge in [0.2, 0.25) is 0 Å². The van der Waals surface area contributed by atoms with Crippen molar-refractivity contribution < 1.29 is 4.74 Å². The van der Waals surface area contributed by atoms with Crippen LogP contribution in [0.1, 0.15) is 17.5 Å². The fraction of sp³-hybridized carbons (Fsp3) is 0.667. The van der Waals surface area contributed by atoms with Crippen LogP contribution in [0.25, 0.3) is 0 Å². The van der Waals surface area contributed by atoms with Crippen molar-refractivity contribution >= 4 is 0 Å². The van der Waals surface area contributed by atoms with Crippen molar-refractivity contribution in [3.63, 3.8) is 0 Å². The predicted molar refractivity (Wildman–Crippen MR) is 49.5 cm³/mol. The minimum absolute atomic E-state index is 0.144. The summed E-state index contributed by atoms with van der Waals surface area (Å²) in [4.78, 5) is 9.55. The third kappa shape index (κ3) is 1.73.